The maximum Gasteiger partial charge on any atom is 0.333 e. The number of carbonyl (C=O) groups is 4. The minimum Gasteiger partial charge on any atom is -0.481 e. The second kappa shape index (κ2) is 6.04. The van der Waals surface area contributed by atoms with Crippen LogP contribution in [0.5, 0.6) is 0 Å². The molecule has 24 heavy (non-hydrogen) atoms. The average Bonchev–Trinajstić information content (AvgIpc) is 2.58. The predicted molar refractivity (Wildman–Crippen MR) is 76.0 cm³/mol. The Kier molecular flexibility index (Phi) is 4.57. The van der Waals surface area contributed by atoms with Crippen molar-refractivity contribution in [2.45, 2.75) is 49.3 Å². The molecule has 2 atom stereocenters. The van der Waals surface area contributed by atoms with Crippen LogP contribution in [0.1, 0.15) is 33.1 Å². The smallest absolute Gasteiger partial charge is 0.333 e. The van der Waals surface area contributed by atoms with Crippen LogP contribution in [-0.4, -0.2) is 65.2 Å². The first-order valence-corrected chi connectivity index (χ1v) is 8.63. The maximum absolute atomic E-state index is 12.3. The van der Waals surface area contributed by atoms with E-state index in [1.54, 1.807) is 0 Å². The van der Waals surface area contributed by atoms with E-state index in [1.807, 2.05) is 0 Å². The maximum atomic E-state index is 12.3. The van der Waals surface area contributed by atoms with Crippen LogP contribution < -0.4 is 0 Å². The van der Waals surface area contributed by atoms with Crippen LogP contribution in [0, 0.1) is 0 Å². The zero-order valence-electron chi connectivity index (χ0n) is 13.1. The van der Waals surface area contributed by atoms with Crippen LogP contribution in [0.15, 0.2) is 0 Å². The van der Waals surface area contributed by atoms with Gasteiger partial charge in [0, 0.05) is 0 Å². The average molecular weight is 363 g/mol. The molecule has 2 fully saturated rings. The number of ether oxygens (including phenoxy) is 2. The second-order valence-electron chi connectivity index (χ2n) is 6.00. The van der Waals surface area contributed by atoms with Gasteiger partial charge in [-0.05, 0) is 13.8 Å². The van der Waals surface area contributed by atoms with Crippen molar-refractivity contribution in [3.63, 3.8) is 0 Å². The van der Waals surface area contributed by atoms with Gasteiger partial charge in [0.15, 0.2) is 9.84 Å². The molecule has 1 amide bonds. The third kappa shape index (κ3) is 2.83. The highest BCUT2D eigenvalue weighted by Gasteiger charge is 2.68. The number of carboxylic acids is 1. The molecule has 2 aliphatic rings. The molecule has 11 heteroatoms. The molecule has 0 aromatic carbocycles. The Morgan fingerprint density at radius 2 is 1.88 bits per heavy atom. The van der Waals surface area contributed by atoms with Gasteiger partial charge in [-0.15, -0.1) is 0 Å². The van der Waals surface area contributed by atoms with Crippen LogP contribution in [-0.2, 0) is 38.5 Å². The van der Waals surface area contributed by atoms with E-state index < -0.39 is 63.0 Å². The molecule has 0 aliphatic carbocycles. The molecule has 134 valence electrons. The molecule has 2 heterocycles. The van der Waals surface area contributed by atoms with E-state index in [2.05, 4.69) is 4.74 Å². The molecule has 0 radical (unpaired) electrons. The van der Waals surface area contributed by atoms with Gasteiger partial charge in [0.2, 0.25) is 12.7 Å². The lowest BCUT2D eigenvalue weighted by Crippen LogP contribution is -2.57. The van der Waals surface area contributed by atoms with Gasteiger partial charge in [-0.3, -0.25) is 14.4 Å². The fourth-order valence-corrected chi connectivity index (χ4v) is 4.85. The van der Waals surface area contributed by atoms with Crippen LogP contribution >= 0.6 is 0 Å². The van der Waals surface area contributed by atoms with Crippen molar-refractivity contribution in [2.24, 2.45) is 0 Å². The highest BCUT2D eigenvalue weighted by molar-refractivity contribution is 7.93. The molecule has 2 rings (SSSR count). The quantitative estimate of drug-likeness (QED) is 0.358. The van der Waals surface area contributed by atoms with Gasteiger partial charge >= 0.3 is 17.9 Å². The Hall–Kier alpha value is -2.17. The van der Waals surface area contributed by atoms with E-state index in [4.69, 9.17) is 9.84 Å². The predicted octanol–water partition coefficient (Wildman–Crippen LogP) is -0.971. The fraction of sp³-hybridized carbons (Fsp3) is 0.692. The highest BCUT2D eigenvalue weighted by Crippen LogP contribution is 2.45. The summed E-state index contributed by atoms with van der Waals surface area (Å²) in [6.45, 7) is 1.88. The zero-order valence-corrected chi connectivity index (χ0v) is 13.9. The van der Waals surface area contributed by atoms with E-state index in [0.29, 0.717) is 0 Å². The summed E-state index contributed by atoms with van der Waals surface area (Å²) in [7, 11) is -3.72. The molecule has 2 aliphatic heterocycles. The summed E-state index contributed by atoms with van der Waals surface area (Å²) in [5.74, 6) is -3.51. The number of hydrogen-bond acceptors (Lipinski definition) is 8. The largest absolute Gasteiger partial charge is 0.481 e. The van der Waals surface area contributed by atoms with Gasteiger partial charge in [0.25, 0.3) is 0 Å². The van der Waals surface area contributed by atoms with Gasteiger partial charge in [-0.25, -0.2) is 13.2 Å². The number of nitrogens with zero attached hydrogens (tertiary/aromatic N) is 1. The Bertz CT molecular complexity index is 696. The summed E-state index contributed by atoms with van der Waals surface area (Å²) in [6.07, 6.45) is -0.979. The Morgan fingerprint density at radius 3 is 2.42 bits per heavy atom. The van der Waals surface area contributed by atoms with E-state index >= 15 is 0 Å². The number of sulfone groups is 1. The van der Waals surface area contributed by atoms with Gasteiger partial charge in [-0.2, -0.15) is 0 Å². The number of aliphatic carboxylic acids is 1. The Labute approximate surface area is 137 Å². The first kappa shape index (κ1) is 18.2. The molecular weight excluding hydrogens is 346 g/mol. The SMILES string of the molecule is CC1(C)[C@H](C(=O)OCOC(=O)CCC(=O)O)N2C(=O)C[C@H]2S1(=O)=O. The van der Waals surface area contributed by atoms with Gasteiger partial charge in [0.05, 0.1) is 24.0 Å². The topological polar surface area (TPSA) is 144 Å². The van der Waals surface area contributed by atoms with Gasteiger partial charge in [-0.1, -0.05) is 0 Å². The van der Waals surface area contributed by atoms with Crippen LogP contribution in [0.2, 0.25) is 0 Å². The summed E-state index contributed by atoms with van der Waals surface area (Å²) in [5, 5.41) is 7.39. The van der Waals surface area contributed by atoms with E-state index in [-0.39, 0.29) is 12.8 Å². The Morgan fingerprint density at radius 1 is 1.25 bits per heavy atom. The normalized spacial score (nSPS) is 26.2. The van der Waals surface area contributed by atoms with Crippen molar-refractivity contribution in [3.05, 3.63) is 0 Å². The van der Waals surface area contributed by atoms with Crippen molar-refractivity contribution in [3.8, 4) is 0 Å². The van der Waals surface area contributed by atoms with Crippen molar-refractivity contribution >= 4 is 33.7 Å². The van der Waals surface area contributed by atoms with Crippen molar-refractivity contribution < 1.29 is 42.2 Å². The molecule has 0 aromatic heterocycles. The number of amides is 1. The fourth-order valence-electron chi connectivity index (χ4n) is 2.72. The molecule has 0 spiro atoms. The summed E-state index contributed by atoms with van der Waals surface area (Å²) in [6, 6.07) is -1.31. The minimum absolute atomic E-state index is 0.167. The molecule has 0 unspecified atom stereocenters. The van der Waals surface area contributed by atoms with Crippen molar-refractivity contribution in [2.75, 3.05) is 6.79 Å². The first-order chi connectivity index (χ1) is 11.0. The lowest BCUT2D eigenvalue weighted by Gasteiger charge is -2.36. The number of hydrogen-bond donors (Lipinski definition) is 1. The van der Waals surface area contributed by atoms with Crippen molar-refractivity contribution in [1.29, 1.82) is 0 Å². The number of fused-ring (bicyclic) bond motifs is 1. The Balaban J connectivity index is 1.96. The first-order valence-electron chi connectivity index (χ1n) is 7.09. The summed E-state index contributed by atoms with van der Waals surface area (Å²) in [4.78, 5) is 46.3. The van der Waals surface area contributed by atoms with Crippen LogP contribution in [0.3, 0.4) is 0 Å². The molecule has 10 nitrogen and oxygen atoms in total. The lowest BCUT2D eigenvalue weighted by atomic mass is 9.98. The zero-order chi connectivity index (χ0) is 18.3. The lowest BCUT2D eigenvalue weighted by molar-refractivity contribution is -0.176. The second-order valence-corrected chi connectivity index (χ2v) is 8.69. The van der Waals surface area contributed by atoms with E-state index in [0.717, 1.165) is 4.90 Å². The number of β-lactam (4-membered cyclic amide) rings is 1. The van der Waals surface area contributed by atoms with Gasteiger partial charge in [0.1, 0.15) is 11.4 Å². The molecule has 0 saturated carbocycles. The minimum atomic E-state index is -3.72. The molecule has 0 bridgehead atoms. The van der Waals surface area contributed by atoms with Gasteiger partial charge < -0.3 is 19.5 Å². The third-order valence-electron chi connectivity index (χ3n) is 4.16. The molecule has 0 aromatic rings. The van der Waals surface area contributed by atoms with Crippen molar-refractivity contribution in [1.82, 2.24) is 4.90 Å². The van der Waals surface area contributed by atoms with Crippen LogP contribution in [0.25, 0.3) is 0 Å². The molecule has 2 saturated heterocycles. The number of carbonyl (C=O) groups excluding carboxylic acids is 3. The monoisotopic (exact) mass is 363 g/mol. The van der Waals surface area contributed by atoms with E-state index in [1.165, 1.54) is 13.8 Å². The summed E-state index contributed by atoms with van der Waals surface area (Å²) in [5.41, 5.74) is 0. The third-order valence-corrected chi connectivity index (χ3v) is 6.96. The van der Waals surface area contributed by atoms with E-state index in [9.17, 15) is 27.6 Å². The highest BCUT2D eigenvalue weighted by atomic mass is 32.2. The molecule has 1 N–H and O–H groups in total. The van der Waals surface area contributed by atoms with Crippen LogP contribution in [0.4, 0.5) is 0 Å². The number of esters is 2. The standard InChI is InChI=1S/C13H17NO9S/c1-13(2)11(14-7(15)5-8(14)24(13,20)21)12(19)23-6-22-10(18)4-3-9(16)17/h8,11H,3-6H2,1-2H3,(H,16,17)/t8-,11+/m1/s1. The number of rotatable bonds is 6. The summed E-state index contributed by atoms with van der Waals surface area (Å²) < 4.78 is 32.4. The molecular formula is C13H17NO9S. The number of carboxylic acid groups (broad SMARTS) is 1. The summed E-state index contributed by atoms with van der Waals surface area (Å²) >= 11 is 0.